The maximum atomic E-state index is 12.5. The largest absolute Gasteiger partial charge is 0.496 e. The van der Waals surface area contributed by atoms with Gasteiger partial charge in [-0.05, 0) is 34.4 Å². The van der Waals surface area contributed by atoms with E-state index in [0.717, 1.165) is 22.3 Å². The summed E-state index contributed by atoms with van der Waals surface area (Å²) in [6.07, 6.45) is -0.637. The lowest BCUT2D eigenvalue weighted by atomic mass is 9.98. The van der Waals surface area contributed by atoms with Crippen LogP contribution in [-0.2, 0) is 9.53 Å². The monoisotopic (exact) mass is 446 g/mol. The SMILES string of the molecule is COc1cc(NC(=O)OCC2c3ccccc3-c3ccccc32)ccc1C(=O)NCC(=O)O. The third-order valence-corrected chi connectivity index (χ3v) is 5.44. The van der Waals surface area contributed by atoms with Gasteiger partial charge in [0.1, 0.15) is 18.9 Å². The zero-order valence-electron chi connectivity index (χ0n) is 17.8. The number of anilines is 1. The number of benzene rings is 3. The number of carbonyl (C=O) groups is 3. The van der Waals surface area contributed by atoms with E-state index in [2.05, 4.69) is 22.8 Å². The van der Waals surface area contributed by atoms with Gasteiger partial charge >= 0.3 is 12.1 Å². The molecule has 0 spiro atoms. The number of carboxylic acids is 1. The first-order valence-corrected chi connectivity index (χ1v) is 10.3. The number of carbonyl (C=O) groups excluding carboxylic acids is 2. The average molecular weight is 446 g/mol. The first-order chi connectivity index (χ1) is 16.0. The van der Waals surface area contributed by atoms with Crippen LogP contribution in [0.25, 0.3) is 11.1 Å². The number of hydrogen-bond acceptors (Lipinski definition) is 5. The zero-order valence-corrected chi connectivity index (χ0v) is 17.8. The van der Waals surface area contributed by atoms with E-state index in [9.17, 15) is 14.4 Å². The van der Waals surface area contributed by atoms with Crippen molar-refractivity contribution in [2.75, 3.05) is 25.6 Å². The fourth-order valence-electron chi connectivity index (χ4n) is 3.96. The number of hydrogen-bond donors (Lipinski definition) is 3. The molecule has 0 radical (unpaired) electrons. The van der Waals surface area contributed by atoms with Gasteiger partial charge in [-0.1, -0.05) is 48.5 Å². The molecule has 0 saturated heterocycles. The molecule has 0 heterocycles. The molecule has 3 N–H and O–H groups in total. The van der Waals surface area contributed by atoms with E-state index in [0.29, 0.717) is 5.69 Å². The molecular weight excluding hydrogens is 424 g/mol. The summed E-state index contributed by atoms with van der Waals surface area (Å²) in [6, 6.07) is 20.6. The van der Waals surface area contributed by atoms with Gasteiger partial charge in [0, 0.05) is 17.7 Å². The molecule has 0 atom stereocenters. The average Bonchev–Trinajstić information content (AvgIpc) is 3.15. The Balaban J connectivity index is 1.42. The Morgan fingerprint density at radius 2 is 1.58 bits per heavy atom. The number of rotatable bonds is 7. The number of carboxylic acid groups (broad SMARTS) is 1. The van der Waals surface area contributed by atoms with Crippen LogP contribution in [0.15, 0.2) is 66.7 Å². The van der Waals surface area contributed by atoms with Gasteiger partial charge < -0.3 is 19.9 Å². The van der Waals surface area contributed by atoms with E-state index < -0.39 is 24.5 Å². The topological polar surface area (TPSA) is 114 Å². The number of aliphatic carboxylic acids is 1. The molecule has 3 aromatic carbocycles. The number of ether oxygens (including phenoxy) is 2. The third-order valence-electron chi connectivity index (χ3n) is 5.44. The van der Waals surface area contributed by atoms with Gasteiger partial charge in [-0.3, -0.25) is 14.9 Å². The Hall–Kier alpha value is -4.33. The lowest BCUT2D eigenvalue weighted by Gasteiger charge is -2.15. The Morgan fingerprint density at radius 3 is 2.18 bits per heavy atom. The lowest BCUT2D eigenvalue weighted by molar-refractivity contribution is -0.135. The van der Waals surface area contributed by atoms with Gasteiger partial charge in [0.25, 0.3) is 5.91 Å². The molecule has 0 saturated carbocycles. The molecule has 33 heavy (non-hydrogen) atoms. The van der Waals surface area contributed by atoms with Crippen LogP contribution in [-0.4, -0.2) is 43.3 Å². The fraction of sp³-hybridized carbons (Fsp3) is 0.160. The Kier molecular flexibility index (Phi) is 6.26. The normalized spacial score (nSPS) is 11.8. The van der Waals surface area contributed by atoms with E-state index in [1.807, 2.05) is 36.4 Å². The van der Waals surface area contributed by atoms with Crippen LogP contribution in [0.2, 0.25) is 0 Å². The summed E-state index contributed by atoms with van der Waals surface area (Å²) in [5, 5.41) is 13.6. The Morgan fingerprint density at radius 1 is 0.939 bits per heavy atom. The number of nitrogens with one attached hydrogen (secondary N) is 2. The summed E-state index contributed by atoms with van der Waals surface area (Å²) in [6.45, 7) is -0.339. The lowest BCUT2D eigenvalue weighted by Crippen LogP contribution is -2.29. The molecule has 0 unspecified atom stereocenters. The molecule has 0 bridgehead atoms. The van der Waals surface area contributed by atoms with Crippen molar-refractivity contribution in [3.05, 3.63) is 83.4 Å². The zero-order chi connectivity index (χ0) is 23.4. The minimum absolute atomic E-state index is 0.0574. The van der Waals surface area contributed by atoms with Crippen molar-refractivity contribution >= 4 is 23.7 Å². The standard InChI is InChI=1S/C25H22N2O6/c1-32-22-12-15(10-11-20(22)24(30)26-13-23(28)29)27-25(31)33-14-21-18-8-4-2-6-16(18)17-7-3-5-9-19(17)21/h2-12,21H,13-14H2,1H3,(H,26,30)(H,27,31)(H,28,29). The van der Waals surface area contributed by atoms with Crippen LogP contribution in [0.5, 0.6) is 5.75 Å². The Bertz CT molecular complexity index is 1180. The second-order valence-corrected chi connectivity index (χ2v) is 7.44. The summed E-state index contributed by atoms with van der Waals surface area (Å²) < 4.78 is 10.7. The highest BCUT2D eigenvalue weighted by molar-refractivity contribution is 5.99. The molecule has 4 rings (SSSR count). The van der Waals surface area contributed by atoms with E-state index in [4.69, 9.17) is 14.6 Å². The second-order valence-electron chi connectivity index (χ2n) is 7.44. The number of methoxy groups -OCH3 is 1. The molecular formula is C25H22N2O6. The van der Waals surface area contributed by atoms with Gasteiger partial charge in [0.05, 0.1) is 12.7 Å². The van der Waals surface area contributed by atoms with Crippen LogP contribution in [0.1, 0.15) is 27.4 Å². The van der Waals surface area contributed by atoms with Crippen molar-refractivity contribution in [3.63, 3.8) is 0 Å². The van der Waals surface area contributed by atoms with Gasteiger partial charge in [0.2, 0.25) is 0 Å². The van der Waals surface area contributed by atoms with Crippen LogP contribution in [0.3, 0.4) is 0 Å². The number of fused-ring (bicyclic) bond motifs is 3. The van der Waals surface area contributed by atoms with Gasteiger partial charge in [0.15, 0.2) is 0 Å². The smallest absolute Gasteiger partial charge is 0.411 e. The summed E-state index contributed by atoms with van der Waals surface area (Å²) in [5.74, 6) is -1.62. The van der Waals surface area contributed by atoms with Crippen molar-refractivity contribution in [2.24, 2.45) is 0 Å². The highest BCUT2D eigenvalue weighted by Gasteiger charge is 2.29. The predicted octanol–water partition coefficient (Wildman–Crippen LogP) is 3.87. The van der Waals surface area contributed by atoms with Crippen LogP contribution >= 0.6 is 0 Å². The first-order valence-electron chi connectivity index (χ1n) is 10.3. The summed E-state index contributed by atoms with van der Waals surface area (Å²) in [5.41, 5.74) is 5.04. The highest BCUT2D eigenvalue weighted by Crippen LogP contribution is 2.44. The van der Waals surface area contributed by atoms with Crippen molar-refractivity contribution in [1.82, 2.24) is 5.32 Å². The molecule has 3 aromatic rings. The molecule has 0 fully saturated rings. The maximum absolute atomic E-state index is 12.5. The quantitative estimate of drug-likeness (QED) is 0.508. The predicted molar refractivity (Wildman–Crippen MR) is 122 cm³/mol. The van der Waals surface area contributed by atoms with Crippen molar-refractivity contribution in [3.8, 4) is 16.9 Å². The first kappa shape index (κ1) is 21.9. The van der Waals surface area contributed by atoms with Crippen LogP contribution < -0.4 is 15.4 Å². The fourth-order valence-corrected chi connectivity index (χ4v) is 3.96. The summed E-state index contributed by atoms with van der Waals surface area (Å²) >= 11 is 0. The second kappa shape index (κ2) is 9.44. The molecule has 8 heteroatoms. The van der Waals surface area contributed by atoms with E-state index in [-0.39, 0.29) is 23.8 Å². The van der Waals surface area contributed by atoms with Crippen molar-refractivity contribution < 1.29 is 29.0 Å². The van der Waals surface area contributed by atoms with Crippen LogP contribution in [0.4, 0.5) is 10.5 Å². The van der Waals surface area contributed by atoms with E-state index in [1.165, 1.54) is 25.3 Å². The molecule has 1 aliphatic carbocycles. The molecule has 8 nitrogen and oxygen atoms in total. The minimum atomic E-state index is -1.16. The maximum Gasteiger partial charge on any atom is 0.411 e. The van der Waals surface area contributed by atoms with E-state index >= 15 is 0 Å². The van der Waals surface area contributed by atoms with Gasteiger partial charge in [-0.15, -0.1) is 0 Å². The van der Waals surface area contributed by atoms with Crippen molar-refractivity contribution in [1.29, 1.82) is 0 Å². The number of amides is 2. The van der Waals surface area contributed by atoms with Gasteiger partial charge in [-0.25, -0.2) is 4.79 Å². The third kappa shape index (κ3) is 4.64. The summed E-state index contributed by atoms with van der Waals surface area (Å²) in [4.78, 5) is 35.3. The molecule has 168 valence electrons. The van der Waals surface area contributed by atoms with Gasteiger partial charge in [-0.2, -0.15) is 0 Å². The molecule has 0 aromatic heterocycles. The van der Waals surface area contributed by atoms with Crippen molar-refractivity contribution in [2.45, 2.75) is 5.92 Å². The highest BCUT2D eigenvalue weighted by atomic mass is 16.5. The molecule has 0 aliphatic heterocycles. The molecule has 2 amide bonds. The molecule has 1 aliphatic rings. The van der Waals surface area contributed by atoms with Crippen LogP contribution in [0, 0.1) is 0 Å². The van der Waals surface area contributed by atoms with E-state index in [1.54, 1.807) is 0 Å². The summed E-state index contributed by atoms with van der Waals surface area (Å²) in [7, 11) is 1.38. The minimum Gasteiger partial charge on any atom is -0.496 e. The Labute approximate surface area is 190 Å².